The van der Waals surface area contributed by atoms with Crippen LogP contribution in [0.1, 0.15) is 21.5 Å². The maximum Gasteiger partial charge on any atom is 0.263 e. The van der Waals surface area contributed by atoms with Crippen LogP contribution in [0.4, 0.5) is 23.0 Å². The summed E-state index contributed by atoms with van der Waals surface area (Å²) in [6, 6.07) is 15.2. The van der Waals surface area contributed by atoms with E-state index in [1.54, 1.807) is 0 Å². The van der Waals surface area contributed by atoms with Gasteiger partial charge in [-0.15, -0.1) is 0 Å². The predicted molar refractivity (Wildman–Crippen MR) is 96.6 cm³/mol. The van der Waals surface area contributed by atoms with Gasteiger partial charge in [-0.05, 0) is 49.2 Å². The number of H-pyrrole nitrogens is 1. The molecule has 0 fully saturated rings. The van der Waals surface area contributed by atoms with E-state index in [1.165, 1.54) is 5.56 Å². The molecular weight excluding hydrogens is 302 g/mol. The SMILES string of the molecule is Cc1ccc(NC(=O)c2c(Nc3ccccc3)n[nH]c2N)cc1C. The molecule has 5 N–H and O–H groups in total. The summed E-state index contributed by atoms with van der Waals surface area (Å²) in [7, 11) is 0. The highest BCUT2D eigenvalue weighted by atomic mass is 16.1. The summed E-state index contributed by atoms with van der Waals surface area (Å²) in [6.07, 6.45) is 0. The van der Waals surface area contributed by atoms with Crippen molar-refractivity contribution < 1.29 is 4.79 Å². The summed E-state index contributed by atoms with van der Waals surface area (Å²) >= 11 is 0. The molecule has 122 valence electrons. The summed E-state index contributed by atoms with van der Waals surface area (Å²) in [4.78, 5) is 12.6. The lowest BCUT2D eigenvalue weighted by molar-refractivity contribution is 0.102. The zero-order chi connectivity index (χ0) is 17.1. The molecule has 0 saturated heterocycles. The molecule has 0 bridgehead atoms. The molecule has 0 aliphatic rings. The fourth-order valence-corrected chi connectivity index (χ4v) is 2.35. The number of aryl methyl sites for hydroxylation is 2. The summed E-state index contributed by atoms with van der Waals surface area (Å²) in [5, 5.41) is 12.7. The van der Waals surface area contributed by atoms with Crippen molar-refractivity contribution in [3.05, 3.63) is 65.2 Å². The van der Waals surface area contributed by atoms with Gasteiger partial charge in [0.15, 0.2) is 5.82 Å². The third kappa shape index (κ3) is 3.22. The number of carbonyl (C=O) groups is 1. The second kappa shape index (κ2) is 6.45. The lowest BCUT2D eigenvalue weighted by Crippen LogP contribution is -2.15. The van der Waals surface area contributed by atoms with Gasteiger partial charge in [-0.2, -0.15) is 5.10 Å². The number of hydrogen-bond acceptors (Lipinski definition) is 4. The van der Waals surface area contributed by atoms with Crippen LogP contribution in [0.5, 0.6) is 0 Å². The molecule has 0 spiro atoms. The van der Waals surface area contributed by atoms with Gasteiger partial charge >= 0.3 is 0 Å². The van der Waals surface area contributed by atoms with Crippen molar-refractivity contribution in [2.75, 3.05) is 16.4 Å². The maximum atomic E-state index is 12.6. The summed E-state index contributed by atoms with van der Waals surface area (Å²) in [5.41, 5.74) is 9.99. The Kier molecular flexibility index (Phi) is 4.20. The van der Waals surface area contributed by atoms with Gasteiger partial charge in [0.1, 0.15) is 11.4 Å². The monoisotopic (exact) mass is 321 g/mol. The minimum Gasteiger partial charge on any atom is -0.383 e. The number of nitrogens with two attached hydrogens (primary N) is 1. The Bertz CT molecular complexity index is 870. The van der Waals surface area contributed by atoms with E-state index in [0.717, 1.165) is 16.9 Å². The molecule has 3 rings (SSSR count). The number of aromatic nitrogens is 2. The van der Waals surface area contributed by atoms with Crippen molar-refractivity contribution >= 4 is 28.9 Å². The number of para-hydroxylation sites is 1. The number of hydrogen-bond donors (Lipinski definition) is 4. The van der Waals surface area contributed by atoms with Gasteiger partial charge in [-0.3, -0.25) is 9.89 Å². The molecule has 3 aromatic rings. The number of nitrogens with one attached hydrogen (secondary N) is 3. The van der Waals surface area contributed by atoms with Crippen LogP contribution in [0, 0.1) is 13.8 Å². The zero-order valence-electron chi connectivity index (χ0n) is 13.6. The van der Waals surface area contributed by atoms with E-state index in [0.29, 0.717) is 5.82 Å². The van der Waals surface area contributed by atoms with Gasteiger partial charge in [0.05, 0.1) is 0 Å². The number of benzene rings is 2. The Labute approximate surface area is 140 Å². The number of aromatic amines is 1. The number of nitrogens with zero attached hydrogens (tertiary/aromatic N) is 1. The number of anilines is 4. The van der Waals surface area contributed by atoms with Crippen LogP contribution in [-0.4, -0.2) is 16.1 Å². The van der Waals surface area contributed by atoms with Crippen LogP contribution >= 0.6 is 0 Å². The maximum absolute atomic E-state index is 12.6. The minimum absolute atomic E-state index is 0.217. The van der Waals surface area contributed by atoms with Crippen LogP contribution in [0.15, 0.2) is 48.5 Å². The van der Waals surface area contributed by atoms with Crippen molar-refractivity contribution in [1.29, 1.82) is 0 Å². The van der Waals surface area contributed by atoms with E-state index in [1.807, 2.05) is 62.4 Å². The largest absolute Gasteiger partial charge is 0.383 e. The van der Waals surface area contributed by atoms with Gasteiger partial charge in [0, 0.05) is 11.4 Å². The van der Waals surface area contributed by atoms with Crippen LogP contribution in [0.3, 0.4) is 0 Å². The van der Waals surface area contributed by atoms with Crippen molar-refractivity contribution in [3.63, 3.8) is 0 Å². The molecule has 1 heterocycles. The summed E-state index contributed by atoms with van der Waals surface area (Å²) < 4.78 is 0. The normalized spacial score (nSPS) is 10.4. The highest BCUT2D eigenvalue weighted by Crippen LogP contribution is 2.24. The highest BCUT2D eigenvalue weighted by molar-refractivity contribution is 6.11. The molecule has 0 unspecified atom stereocenters. The molecule has 1 amide bonds. The lowest BCUT2D eigenvalue weighted by atomic mass is 10.1. The Morgan fingerprint density at radius 2 is 1.79 bits per heavy atom. The van der Waals surface area contributed by atoms with Gasteiger partial charge in [0.25, 0.3) is 5.91 Å². The molecule has 0 radical (unpaired) electrons. The second-order valence-corrected chi connectivity index (χ2v) is 5.61. The van der Waals surface area contributed by atoms with Crippen molar-refractivity contribution in [2.45, 2.75) is 13.8 Å². The van der Waals surface area contributed by atoms with Gasteiger partial charge in [-0.25, -0.2) is 0 Å². The van der Waals surface area contributed by atoms with Crippen molar-refractivity contribution in [1.82, 2.24) is 10.2 Å². The quantitative estimate of drug-likeness (QED) is 0.590. The number of nitrogen functional groups attached to an aromatic ring is 1. The van der Waals surface area contributed by atoms with Crippen LogP contribution in [-0.2, 0) is 0 Å². The topological polar surface area (TPSA) is 95.8 Å². The lowest BCUT2D eigenvalue weighted by Gasteiger charge is -2.09. The van der Waals surface area contributed by atoms with E-state index < -0.39 is 0 Å². The fourth-order valence-electron chi connectivity index (χ4n) is 2.35. The van der Waals surface area contributed by atoms with Crippen LogP contribution in [0.2, 0.25) is 0 Å². The molecule has 0 aliphatic carbocycles. The second-order valence-electron chi connectivity index (χ2n) is 5.61. The van der Waals surface area contributed by atoms with Gasteiger partial charge in [-0.1, -0.05) is 24.3 Å². The summed E-state index contributed by atoms with van der Waals surface area (Å²) in [5.74, 6) is 0.290. The fraction of sp³-hybridized carbons (Fsp3) is 0.111. The molecule has 0 aliphatic heterocycles. The molecule has 0 atom stereocenters. The van der Waals surface area contributed by atoms with E-state index in [9.17, 15) is 4.79 Å². The highest BCUT2D eigenvalue weighted by Gasteiger charge is 2.19. The first kappa shape index (κ1) is 15.6. The van der Waals surface area contributed by atoms with Gasteiger partial charge in [0.2, 0.25) is 0 Å². The van der Waals surface area contributed by atoms with Crippen molar-refractivity contribution in [2.24, 2.45) is 0 Å². The summed E-state index contributed by atoms with van der Waals surface area (Å²) in [6.45, 7) is 4.02. The molecule has 0 saturated carbocycles. The Hall–Kier alpha value is -3.28. The van der Waals surface area contributed by atoms with Crippen LogP contribution in [0.25, 0.3) is 0 Å². The van der Waals surface area contributed by atoms with E-state index in [2.05, 4.69) is 20.8 Å². The van der Waals surface area contributed by atoms with E-state index >= 15 is 0 Å². The first-order valence-corrected chi connectivity index (χ1v) is 7.59. The van der Waals surface area contributed by atoms with E-state index in [4.69, 9.17) is 5.73 Å². The standard InChI is InChI=1S/C18H19N5O/c1-11-8-9-14(10-12(11)2)21-18(24)15-16(19)22-23-17(15)20-13-6-4-3-5-7-13/h3-10H,1-2H3,(H,21,24)(H4,19,20,22,23). The number of rotatable bonds is 4. The first-order valence-electron chi connectivity index (χ1n) is 7.59. The molecule has 6 nitrogen and oxygen atoms in total. The van der Waals surface area contributed by atoms with Crippen molar-refractivity contribution in [3.8, 4) is 0 Å². The molecular formula is C18H19N5O. The average molecular weight is 321 g/mol. The molecule has 1 aromatic heterocycles. The third-order valence-electron chi connectivity index (χ3n) is 3.82. The first-order chi connectivity index (χ1) is 11.5. The van der Waals surface area contributed by atoms with E-state index in [-0.39, 0.29) is 17.3 Å². The molecule has 2 aromatic carbocycles. The zero-order valence-corrected chi connectivity index (χ0v) is 13.6. The number of amides is 1. The molecule has 6 heteroatoms. The Morgan fingerprint density at radius 1 is 1.04 bits per heavy atom. The number of carbonyl (C=O) groups excluding carboxylic acids is 1. The molecule has 24 heavy (non-hydrogen) atoms. The smallest absolute Gasteiger partial charge is 0.263 e. The predicted octanol–water partition coefficient (Wildman–Crippen LogP) is 3.60. The Balaban J connectivity index is 1.84. The minimum atomic E-state index is -0.317. The Morgan fingerprint density at radius 3 is 2.50 bits per heavy atom. The average Bonchev–Trinajstić information content (AvgIpc) is 2.92. The third-order valence-corrected chi connectivity index (χ3v) is 3.82. The van der Waals surface area contributed by atoms with Gasteiger partial charge < -0.3 is 16.4 Å². The van der Waals surface area contributed by atoms with Crippen LogP contribution < -0.4 is 16.4 Å².